The van der Waals surface area contributed by atoms with Crippen LogP contribution >= 0.6 is 11.3 Å². The van der Waals surface area contributed by atoms with Gasteiger partial charge >= 0.3 is 0 Å². The fourth-order valence-corrected chi connectivity index (χ4v) is 5.45. The molecule has 1 aliphatic rings. The van der Waals surface area contributed by atoms with Gasteiger partial charge in [-0.2, -0.15) is 0 Å². The van der Waals surface area contributed by atoms with E-state index in [4.69, 9.17) is 0 Å². The van der Waals surface area contributed by atoms with Gasteiger partial charge in [0.1, 0.15) is 18.0 Å². The molecule has 3 heterocycles. The number of aromatic nitrogens is 2. The number of thiophene rings is 1. The van der Waals surface area contributed by atoms with Gasteiger partial charge in [-0.05, 0) is 37.0 Å². The third-order valence-corrected chi connectivity index (χ3v) is 7.07. The minimum absolute atomic E-state index is 0.0178. The fourth-order valence-electron chi connectivity index (χ4n) is 4.26. The van der Waals surface area contributed by atoms with Crippen LogP contribution in [0.4, 0.5) is 10.2 Å². The van der Waals surface area contributed by atoms with Crippen molar-refractivity contribution in [2.24, 2.45) is 5.92 Å². The molecule has 0 radical (unpaired) electrons. The van der Waals surface area contributed by atoms with Gasteiger partial charge in [0, 0.05) is 30.3 Å². The molecule has 2 aromatic heterocycles. The molecule has 1 aliphatic heterocycles. The molecule has 7 heteroatoms. The molecule has 0 aliphatic carbocycles. The number of halogens is 1. The van der Waals surface area contributed by atoms with Crippen molar-refractivity contribution in [2.75, 3.05) is 24.5 Å². The summed E-state index contributed by atoms with van der Waals surface area (Å²) < 4.78 is 16.2. The van der Waals surface area contributed by atoms with E-state index in [2.05, 4.69) is 32.3 Å². The van der Waals surface area contributed by atoms with Crippen molar-refractivity contribution in [3.63, 3.8) is 0 Å². The maximum Gasteiger partial charge on any atom is 0.223 e. The van der Waals surface area contributed by atoms with E-state index in [0.29, 0.717) is 17.4 Å². The standard InChI is InChI=1S/C24H23FN4OS/c25-18-7-4-8-19-20(18)21-22(31-19)23(28-15-27-21)29-13-10-17(11-14-29)24(30)26-12-9-16-5-2-1-3-6-16/h1-8,15,17H,9-14H2,(H,26,30). The average Bonchev–Trinajstić information content (AvgIpc) is 3.20. The molecule has 158 valence electrons. The minimum Gasteiger partial charge on any atom is -0.356 e. The molecule has 1 amide bonds. The first-order valence-electron chi connectivity index (χ1n) is 10.6. The summed E-state index contributed by atoms with van der Waals surface area (Å²) in [4.78, 5) is 23.7. The van der Waals surface area contributed by atoms with E-state index in [0.717, 1.165) is 47.6 Å². The largest absolute Gasteiger partial charge is 0.356 e. The van der Waals surface area contributed by atoms with Crippen LogP contribution in [0.25, 0.3) is 20.3 Å². The average molecular weight is 435 g/mol. The van der Waals surface area contributed by atoms with Crippen LogP contribution in [-0.4, -0.2) is 35.5 Å². The molecular formula is C24H23FN4OS. The van der Waals surface area contributed by atoms with E-state index < -0.39 is 0 Å². The van der Waals surface area contributed by atoms with Gasteiger partial charge < -0.3 is 10.2 Å². The maximum absolute atomic E-state index is 14.4. The number of anilines is 1. The molecule has 2 aromatic carbocycles. The number of piperidine rings is 1. The molecule has 1 fully saturated rings. The van der Waals surface area contributed by atoms with E-state index in [-0.39, 0.29) is 17.6 Å². The number of benzene rings is 2. The summed E-state index contributed by atoms with van der Waals surface area (Å²) in [6, 6.07) is 15.3. The SMILES string of the molecule is O=C(NCCc1ccccc1)C1CCN(c2ncnc3c2sc2cccc(F)c23)CC1. The molecular weight excluding hydrogens is 411 g/mol. The Balaban J connectivity index is 1.24. The van der Waals surface area contributed by atoms with Gasteiger partial charge in [0.15, 0.2) is 0 Å². The van der Waals surface area contributed by atoms with Gasteiger partial charge in [-0.15, -0.1) is 11.3 Å². The van der Waals surface area contributed by atoms with E-state index in [1.807, 2.05) is 24.3 Å². The van der Waals surface area contributed by atoms with E-state index in [1.165, 1.54) is 29.3 Å². The Labute approximate surface area is 183 Å². The summed E-state index contributed by atoms with van der Waals surface area (Å²) in [6.45, 7) is 2.15. The lowest BCUT2D eigenvalue weighted by Crippen LogP contribution is -2.41. The van der Waals surface area contributed by atoms with Crippen LogP contribution in [0.15, 0.2) is 54.9 Å². The van der Waals surface area contributed by atoms with Gasteiger partial charge in [0.05, 0.1) is 15.6 Å². The zero-order chi connectivity index (χ0) is 21.2. The fraction of sp³-hybridized carbons (Fsp3) is 0.292. The predicted molar refractivity (Wildman–Crippen MR) is 123 cm³/mol. The predicted octanol–water partition coefficient (Wildman–Crippen LogP) is 4.56. The van der Waals surface area contributed by atoms with Crippen LogP contribution in [0, 0.1) is 11.7 Å². The molecule has 0 atom stereocenters. The van der Waals surface area contributed by atoms with Crippen molar-refractivity contribution in [3.8, 4) is 0 Å². The molecule has 4 aromatic rings. The summed E-state index contributed by atoms with van der Waals surface area (Å²) in [5.74, 6) is 0.740. The number of fused-ring (bicyclic) bond motifs is 3. The summed E-state index contributed by atoms with van der Waals surface area (Å²) in [7, 11) is 0. The zero-order valence-corrected chi connectivity index (χ0v) is 17.9. The van der Waals surface area contributed by atoms with Gasteiger partial charge in [0.2, 0.25) is 5.91 Å². The Hall–Kier alpha value is -3.06. The van der Waals surface area contributed by atoms with Gasteiger partial charge in [-0.1, -0.05) is 36.4 Å². The number of hydrogen-bond donors (Lipinski definition) is 1. The molecule has 1 saturated heterocycles. The van der Waals surface area contributed by atoms with Crippen LogP contribution < -0.4 is 10.2 Å². The van der Waals surface area contributed by atoms with Gasteiger partial charge in [0.25, 0.3) is 0 Å². The highest BCUT2D eigenvalue weighted by molar-refractivity contribution is 7.26. The third-order valence-electron chi connectivity index (χ3n) is 5.93. The van der Waals surface area contributed by atoms with Crippen molar-refractivity contribution in [2.45, 2.75) is 19.3 Å². The Morgan fingerprint density at radius 2 is 1.90 bits per heavy atom. The van der Waals surface area contributed by atoms with Crippen LogP contribution in [0.3, 0.4) is 0 Å². The van der Waals surface area contributed by atoms with Crippen molar-refractivity contribution >= 4 is 43.4 Å². The molecule has 5 nitrogen and oxygen atoms in total. The Kier molecular flexibility index (Phi) is 5.51. The highest BCUT2D eigenvalue weighted by atomic mass is 32.1. The van der Waals surface area contributed by atoms with Crippen molar-refractivity contribution < 1.29 is 9.18 Å². The smallest absolute Gasteiger partial charge is 0.223 e. The lowest BCUT2D eigenvalue weighted by atomic mass is 9.96. The first-order valence-corrected chi connectivity index (χ1v) is 11.4. The Morgan fingerprint density at radius 3 is 2.71 bits per heavy atom. The molecule has 0 saturated carbocycles. The number of nitrogens with one attached hydrogen (secondary N) is 1. The number of carbonyl (C=O) groups is 1. The first-order chi connectivity index (χ1) is 15.2. The normalized spacial score (nSPS) is 14.9. The van der Waals surface area contributed by atoms with Crippen LogP contribution in [-0.2, 0) is 11.2 Å². The number of rotatable bonds is 5. The molecule has 1 N–H and O–H groups in total. The molecule has 31 heavy (non-hydrogen) atoms. The topological polar surface area (TPSA) is 58.1 Å². The number of hydrogen-bond acceptors (Lipinski definition) is 5. The Morgan fingerprint density at radius 1 is 1.10 bits per heavy atom. The van der Waals surface area contributed by atoms with Crippen LogP contribution in [0.1, 0.15) is 18.4 Å². The summed E-state index contributed by atoms with van der Waals surface area (Å²) in [6.07, 6.45) is 3.91. The molecule has 0 unspecified atom stereocenters. The van der Waals surface area contributed by atoms with Crippen LogP contribution in [0.2, 0.25) is 0 Å². The molecule has 5 rings (SSSR count). The quantitative estimate of drug-likeness (QED) is 0.500. The summed E-state index contributed by atoms with van der Waals surface area (Å²) >= 11 is 1.53. The highest BCUT2D eigenvalue weighted by Gasteiger charge is 2.27. The van der Waals surface area contributed by atoms with Crippen molar-refractivity contribution in [1.29, 1.82) is 0 Å². The second kappa shape index (κ2) is 8.59. The second-order valence-corrected chi connectivity index (χ2v) is 8.93. The zero-order valence-electron chi connectivity index (χ0n) is 17.1. The number of nitrogens with zero attached hydrogens (tertiary/aromatic N) is 3. The number of amides is 1. The van der Waals surface area contributed by atoms with Crippen molar-refractivity contribution in [3.05, 3.63) is 66.2 Å². The molecule has 0 spiro atoms. The minimum atomic E-state index is -0.251. The summed E-state index contributed by atoms with van der Waals surface area (Å²) in [5.41, 5.74) is 1.90. The maximum atomic E-state index is 14.4. The van der Waals surface area contributed by atoms with Crippen molar-refractivity contribution in [1.82, 2.24) is 15.3 Å². The monoisotopic (exact) mass is 434 g/mol. The van der Waals surface area contributed by atoms with E-state index in [1.54, 1.807) is 6.07 Å². The summed E-state index contributed by atoms with van der Waals surface area (Å²) in [5, 5.41) is 3.65. The lowest BCUT2D eigenvalue weighted by molar-refractivity contribution is -0.125. The third kappa shape index (κ3) is 3.97. The second-order valence-electron chi connectivity index (χ2n) is 7.88. The van der Waals surface area contributed by atoms with Gasteiger partial charge in [-0.25, -0.2) is 14.4 Å². The van der Waals surface area contributed by atoms with Crippen LogP contribution in [0.5, 0.6) is 0 Å². The van der Waals surface area contributed by atoms with E-state index in [9.17, 15) is 9.18 Å². The Bertz CT molecular complexity index is 1220. The van der Waals surface area contributed by atoms with Gasteiger partial charge in [-0.3, -0.25) is 4.79 Å². The molecule has 0 bridgehead atoms. The number of carbonyl (C=O) groups excluding carboxylic acids is 1. The van der Waals surface area contributed by atoms with E-state index >= 15 is 0 Å². The highest BCUT2D eigenvalue weighted by Crippen LogP contribution is 2.39. The first kappa shape index (κ1) is 19.9. The lowest BCUT2D eigenvalue weighted by Gasteiger charge is -2.32.